The fourth-order valence-electron chi connectivity index (χ4n) is 1.51. The minimum absolute atomic E-state index is 0.355. The summed E-state index contributed by atoms with van der Waals surface area (Å²) in [6.07, 6.45) is 0.355. The number of benzene rings is 1. The van der Waals surface area contributed by atoms with E-state index in [2.05, 4.69) is 6.07 Å². The van der Waals surface area contributed by atoms with Crippen LogP contribution in [-0.2, 0) is 0 Å². The van der Waals surface area contributed by atoms with Crippen LogP contribution in [0.15, 0.2) is 12.1 Å². The Labute approximate surface area is 102 Å². The van der Waals surface area contributed by atoms with Gasteiger partial charge in [0.05, 0.1) is 12.5 Å². The van der Waals surface area contributed by atoms with Crippen molar-refractivity contribution in [3.8, 4) is 11.8 Å². The summed E-state index contributed by atoms with van der Waals surface area (Å²) in [5.74, 6) is 0.764. The minimum atomic E-state index is -0.471. The summed E-state index contributed by atoms with van der Waals surface area (Å²) in [7, 11) is 0. The van der Waals surface area contributed by atoms with Gasteiger partial charge in [-0.05, 0) is 51.0 Å². The third kappa shape index (κ3) is 3.15. The van der Waals surface area contributed by atoms with Gasteiger partial charge in [0.25, 0.3) is 0 Å². The molecule has 0 aromatic heterocycles. The highest BCUT2D eigenvalue weighted by Crippen LogP contribution is 2.28. The van der Waals surface area contributed by atoms with Crippen molar-refractivity contribution in [2.24, 2.45) is 0 Å². The first-order valence-electron chi connectivity index (χ1n) is 5.18. The van der Waals surface area contributed by atoms with Gasteiger partial charge in [-0.15, -0.1) is 0 Å². The van der Waals surface area contributed by atoms with E-state index in [1.807, 2.05) is 39.8 Å². The molecule has 0 aliphatic carbocycles. The zero-order valence-corrected chi connectivity index (χ0v) is 10.9. The highest BCUT2D eigenvalue weighted by atomic mass is 35.5. The van der Waals surface area contributed by atoms with Gasteiger partial charge in [-0.1, -0.05) is 11.6 Å². The Bertz CT molecular complexity index is 409. The van der Waals surface area contributed by atoms with E-state index < -0.39 is 5.60 Å². The second-order valence-electron chi connectivity index (χ2n) is 4.57. The number of hydrogen-bond acceptors (Lipinski definition) is 2. The molecule has 0 fully saturated rings. The molecule has 0 radical (unpaired) electrons. The van der Waals surface area contributed by atoms with Gasteiger partial charge in [0, 0.05) is 5.02 Å². The van der Waals surface area contributed by atoms with Gasteiger partial charge >= 0.3 is 0 Å². The Morgan fingerprint density at radius 3 is 2.25 bits per heavy atom. The highest BCUT2D eigenvalue weighted by Gasteiger charge is 2.19. The summed E-state index contributed by atoms with van der Waals surface area (Å²) in [4.78, 5) is 0. The van der Waals surface area contributed by atoms with Crippen LogP contribution in [0.2, 0.25) is 5.02 Å². The number of halogens is 1. The molecular weight excluding hydrogens is 222 g/mol. The molecule has 0 unspecified atom stereocenters. The standard InChI is InChI=1S/C13H16ClNO/c1-9-7-11(8-10(2)12(9)14)16-13(3,4)5-6-15/h7-8H,5H2,1-4H3. The lowest BCUT2D eigenvalue weighted by molar-refractivity contribution is 0.115. The molecule has 2 nitrogen and oxygen atoms in total. The van der Waals surface area contributed by atoms with Crippen LogP contribution in [0.3, 0.4) is 0 Å². The van der Waals surface area contributed by atoms with Crippen molar-refractivity contribution in [2.45, 2.75) is 39.7 Å². The van der Waals surface area contributed by atoms with Crippen LogP contribution >= 0.6 is 11.6 Å². The maximum Gasteiger partial charge on any atom is 0.120 e. The van der Waals surface area contributed by atoms with E-state index in [-0.39, 0.29) is 0 Å². The summed E-state index contributed by atoms with van der Waals surface area (Å²) in [5.41, 5.74) is 1.51. The second-order valence-corrected chi connectivity index (χ2v) is 4.95. The fraction of sp³-hybridized carbons (Fsp3) is 0.462. The second kappa shape index (κ2) is 4.76. The summed E-state index contributed by atoms with van der Waals surface area (Å²) < 4.78 is 5.78. The van der Waals surface area contributed by atoms with Crippen LogP contribution in [0.5, 0.6) is 5.75 Å². The molecule has 1 aromatic rings. The lowest BCUT2D eigenvalue weighted by Crippen LogP contribution is -2.27. The molecule has 16 heavy (non-hydrogen) atoms. The first kappa shape index (κ1) is 12.9. The number of nitrogens with zero attached hydrogens (tertiary/aromatic N) is 1. The van der Waals surface area contributed by atoms with Gasteiger partial charge in [-0.25, -0.2) is 0 Å². The largest absolute Gasteiger partial charge is 0.487 e. The van der Waals surface area contributed by atoms with Gasteiger partial charge in [-0.3, -0.25) is 0 Å². The third-order valence-electron chi connectivity index (χ3n) is 2.31. The van der Waals surface area contributed by atoms with Gasteiger partial charge in [0.15, 0.2) is 0 Å². The van der Waals surface area contributed by atoms with Crippen molar-refractivity contribution in [3.63, 3.8) is 0 Å². The van der Waals surface area contributed by atoms with Crippen LogP contribution in [0, 0.1) is 25.2 Å². The van der Waals surface area contributed by atoms with Gasteiger partial charge in [0.1, 0.15) is 11.4 Å². The normalized spacial score (nSPS) is 11.0. The summed E-state index contributed by atoms with van der Waals surface area (Å²) >= 11 is 6.07. The lowest BCUT2D eigenvalue weighted by Gasteiger charge is -2.24. The van der Waals surface area contributed by atoms with Crippen LogP contribution in [-0.4, -0.2) is 5.60 Å². The molecule has 0 aliphatic rings. The maximum atomic E-state index is 8.68. The van der Waals surface area contributed by atoms with E-state index in [0.29, 0.717) is 6.42 Å². The Morgan fingerprint density at radius 2 is 1.81 bits per heavy atom. The molecule has 0 aliphatic heterocycles. The summed E-state index contributed by atoms with van der Waals surface area (Å²) in [6, 6.07) is 5.91. The van der Waals surface area contributed by atoms with Crippen molar-refractivity contribution in [1.82, 2.24) is 0 Å². The monoisotopic (exact) mass is 237 g/mol. The number of nitriles is 1. The Balaban J connectivity index is 2.95. The lowest BCUT2D eigenvalue weighted by atomic mass is 10.1. The van der Waals surface area contributed by atoms with Crippen molar-refractivity contribution >= 4 is 11.6 Å². The Hall–Kier alpha value is -1.20. The Kier molecular flexibility index (Phi) is 3.83. The zero-order valence-electron chi connectivity index (χ0n) is 10.1. The summed E-state index contributed by atoms with van der Waals surface area (Å²) in [6.45, 7) is 7.68. The number of aryl methyl sites for hydroxylation is 2. The third-order valence-corrected chi connectivity index (χ3v) is 2.91. The number of ether oxygens (including phenoxy) is 1. The molecule has 1 aromatic carbocycles. The van der Waals surface area contributed by atoms with E-state index in [4.69, 9.17) is 21.6 Å². The molecule has 0 atom stereocenters. The molecule has 0 heterocycles. The van der Waals surface area contributed by atoms with Crippen LogP contribution < -0.4 is 4.74 Å². The van der Waals surface area contributed by atoms with E-state index in [1.54, 1.807) is 0 Å². The van der Waals surface area contributed by atoms with Gasteiger partial charge in [-0.2, -0.15) is 5.26 Å². The molecule has 3 heteroatoms. The van der Waals surface area contributed by atoms with E-state index in [0.717, 1.165) is 21.9 Å². The average Bonchev–Trinajstić information content (AvgIpc) is 2.13. The maximum absolute atomic E-state index is 8.68. The first-order chi connectivity index (χ1) is 7.35. The van der Waals surface area contributed by atoms with Crippen molar-refractivity contribution < 1.29 is 4.74 Å². The molecule has 0 saturated carbocycles. The molecule has 0 N–H and O–H groups in total. The molecule has 0 spiro atoms. The van der Waals surface area contributed by atoms with Gasteiger partial charge < -0.3 is 4.74 Å². The molecule has 0 bridgehead atoms. The molecular formula is C13H16ClNO. The molecule has 1 rings (SSSR count). The average molecular weight is 238 g/mol. The molecule has 0 amide bonds. The summed E-state index contributed by atoms with van der Waals surface area (Å²) in [5, 5.41) is 9.45. The Morgan fingerprint density at radius 1 is 1.31 bits per heavy atom. The molecule has 86 valence electrons. The van der Waals surface area contributed by atoms with Gasteiger partial charge in [0.2, 0.25) is 0 Å². The van der Waals surface area contributed by atoms with E-state index in [9.17, 15) is 0 Å². The predicted molar refractivity (Wildman–Crippen MR) is 65.9 cm³/mol. The topological polar surface area (TPSA) is 33.0 Å². The van der Waals surface area contributed by atoms with Crippen molar-refractivity contribution in [1.29, 1.82) is 5.26 Å². The molecule has 0 saturated heterocycles. The smallest absolute Gasteiger partial charge is 0.120 e. The number of hydrogen-bond donors (Lipinski definition) is 0. The minimum Gasteiger partial charge on any atom is -0.487 e. The van der Waals surface area contributed by atoms with E-state index >= 15 is 0 Å². The van der Waals surface area contributed by atoms with E-state index in [1.165, 1.54) is 0 Å². The highest BCUT2D eigenvalue weighted by molar-refractivity contribution is 6.32. The predicted octanol–water partition coefficient (Wildman–Crippen LogP) is 4.03. The van der Waals surface area contributed by atoms with Crippen LogP contribution in [0.4, 0.5) is 0 Å². The zero-order chi connectivity index (χ0) is 12.3. The fourth-order valence-corrected chi connectivity index (χ4v) is 1.62. The van der Waals surface area contributed by atoms with Crippen molar-refractivity contribution in [2.75, 3.05) is 0 Å². The van der Waals surface area contributed by atoms with Crippen LogP contribution in [0.25, 0.3) is 0 Å². The van der Waals surface area contributed by atoms with Crippen LogP contribution in [0.1, 0.15) is 31.4 Å². The SMILES string of the molecule is Cc1cc(OC(C)(C)CC#N)cc(C)c1Cl. The van der Waals surface area contributed by atoms with Crippen molar-refractivity contribution in [3.05, 3.63) is 28.3 Å². The first-order valence-corrected chi connectivity index (χ1v) is 5.56. The quantitative estimate of drug-likeness (QED) is 0.795. The number of rotatable bonds is 3.